The van der Waals surface area contributed by atoms with E-state index in [0.29, 0.717) is 0 Å². The van der Waals surface area contributed by atoms with Crippen molar-refractivity contribution < 1.29 is 519 Å². The molecular formula is C7Na14O21. The van der Waals surface area contributed by atoms with Crippen LogP contribution in [0.1, 0.15) is 0 Å². The van der Waals surface area contributed by atoms with Crippen molar-refractivity contribution in [1.82, 2.24) is 0 Å². The van der Waals surface area contributed by atoms with Crippen LogP contribution < -0.4 is 485 Å². The first kappa shape index (κ1) is 142. The van der Waals surface area contributed by atoms with E-state index >= 15 is 0 Å². The van der Waals surface area contributed by atoms with Gasteiger partial charge in [0.1, 0.15) is 0 Å². The van der Waals surface area contributed by atoms with E-state index in [1.807, 2.05) is 0 Å². The zero-order valence-electron chi connectivity index (χ0n) is 26.1. The molecule has 0 saturated heterocycles. The van der Waals surface area contributed by atoms with Gasteiger partial charge < -0.3 is 105 Å². The second-order valence-corrected chi connectivity index (χ2v) is 1.75. The Kier molecular flexibility index (Phi) is 451. The van der Waals surface area contributed by atoms with Gasteiger partial charge in [0.15, 0.2) is 0 Å². The van der Waals surface area contributed by atoms with Gasteiger partial charge in [0.2, 0.25) is 0 Å². The van der Waals surface area contributed by atoms with Gasteiger partial charge in [-0.1, -0.05) is 0 Å². The molecule has 21 nitrogen and oxygen atoms in total. The fraction of sp³-hybridized carbons (Fsp3) is 0. The average Bonchev–Trinajstić information content (AvgIpc) is 2.20. The number of carbonyl (C=O) groups is 7. The van der Waals surface area contributed by atoms with Crippen molar-refractivity contribution in [2.24, 2.45) is 0 Å². The van der Waals surface area contributed by atoms with Crippen molar-refractivity contribution in [3.05, 3.63) is 0 Å². The van der Waals surface area contributed by atoms with Crippen LogP contribution in [0.15, 0.2) is 0 Å². The third-order valence-electron chi connectivity index (χ3n) is 0. The van der Waals surface area contributed by atoms with E-state index in [9.17, 15) is 0 Å². The van der Waals surface area contributed by atoms with E-state index in [1.54, 1.807) is 0 Å². The Morgan fingerprint density at radius 3 is 0.167 bits per heavy atom. The summed E-state index contributed by atoms with van der Waals surface area (Å²) < 4.78 is 0. The van der Waals surface area contributed by atoms with Crippen molar-refractivity contribution in [3.8, 4) is 0 Å². The van der Waals surface area contributed by atoms with Crippen LogP contribution in [-0.2, 0) is 0 Å². The maximum Gasteiger partial charge on any atom is 1.00 e. The third-order valence-corrected chi connectivity index (χ3v) is 0. The van der Waals surface area contributed by atoms with E-state index in [-0.39, 0.29) is 414 Å². The fourth-order valence-corrected chi connectivity index (χ4v) is 0. The molecule has 0 heterocycles. The molecule has 0 rings (SSSR count). The second-order valence-electron chi connectivity index (χ2n) is 1.75. The number of hydrogen-bond acceptors (Lipinski definition) is 21. The Balaban J connectivity index is -0.00000000611. The number of carbonyl (C=O) groups excluding carboxylic acids is 7. The molecule has 0 aliphatic carbocycles. The molecule has 0 spiro atoms. The summed E-state index contributed by atoms with van der Waals surface area (Å²) in [6, 6.07) is 0. The molecule has 0 bridgehead atoms. The molecule has 0 radical (unpaired) electrons. The van der Waals surface area contributed by atoms with Crippen LogP contribution in [0.5, 0.6) is 0 Å². The zero-order valence-corrected chi connectivity index (χ0v) is 54.1. The van der Waals surface area contributed by atoms with Crippen LogP contribution in [0, 0.1) is 0 Å². The van der Waals surface area contributed by atoms with Gasteiger partial charge in [0, 0.05) is 0 Å². The Labute approximate surface area is 547 Å². The second kappa shape index (κ2) is 133. The van der Waals surface area contributed by atoms with Crippen molar-refractivity contribution in [2.45, 2.75) is 0 Å². The van der Waals surface area contributed by atoms with E-state index in [1.165, 1.54) is 0 Å². The van der Waals surface area contributed by atoms with Crippen molar-refractivity contribution in [2.75, 3.05) is 0 Å². The normalized spacial score (nSPS) is 4.00. The first-order chi connectivity index (χ1) is 12.1. The van der Waals surface area contributed by atoms with Crippen LogP contribution in [0.4, 0.5) is 33.6 Å². The molecule has 168 valence electrons. The molecule has 0 atom stereocenters. The van der Waals surface area contributed by atoms with Gasteiger partial charge >= 0.3 is 414 Å². The molecule has 0 fully saturated rings. The smallest absolute Gasteiger partial charge is 0.652 e. The number of rotatable bonds is 0. The first-order valence-corrected chi connectivity index (χ1v) is 4.29. The molecule has 35 heteroatoms. The summed E-state index contributed by atoms with van der Waals surface area (Å²) in [5.74, 6) is 0. The monoisotopic (exact) mass is 742 g/mol. The van der Waals surface area contributed by atoms with Crippen LogP contribution in [0.25, 0.3) is 0 Å². The van der Waals surface area contributed by atoms with Crippen molar-refractivity contribution >= 4 is 43.1 Å². The summed E-state index contributed by atoms with van der Waals surface area (Å²) >= 11 is 0. The summed E-state index contributed by atoms with van der Waals surface area (Å²) in [4.78, 5) is 58.3. The Hall–Kier alpha value is 8.89. The van der Waals surface area contributed by atoms with Crippen LogP contribution in [0.2, 0.25) is 0 Å². The van der Waals surface area contributed by atoms with Gasteiger partial charge in [-0.2, -0.15) is 0 Å². The number of carboxylic acid groups (broad SMARTS) is 14. The van der Waals surface area contributed by atoms with Gasteiger partial charge in [-0.15, -0.1) is 0 Å². The molecule has 0 aliphatic heterocycles. The van der Waals surface area contributed by atoms with E-state index in [2.05, 4.69) is 0 Å². The van der Waals surface area contributed by atoms with Crippen LogP contribution in [0.3, 0.4) is 0 Å². The minimum Gasteiger partial charge on any atom is -0.652 e. The van der Waals surface area contributed by atoms with Gasteiger partial charge in [0.05, 0.1) is 0 Å². The van der Waals surface area contributed by atoms with Crippen LogP contribution >= 0.6 is 0 Å². The maximum absolute atomic E-state index is 8.33. The Morgan fingerprint density at radius 1 is 0.167 bits per heavy atom. The van der Waals surface area contributed by atoms with Gasteiger partial charge in [-0.05, 0) is 43.1 Å². The zero-order chi connectivity index (χ0) is 25.0. The molecular weight excluding hydrogens is 742 g/mol. The summed E-state index contributed by atoms with van der Waals surface area (Å²) in [6.45, 7) is 0. The Morgan fingerprint density at radius 2 is 0.167 bits per heavy atom. The van der Waals surface area contributed by atoms with Gasteiger partial charge in [0.25, 0.3) is 0 Å². The van der Waals surface area contributed by atoms with Gasteiger partial charge in [-0.25, -0.2) is 0 Å². The molecule has 42 heavy (non-hydrogen) atoms. The maximum atomic E-state index is 8.33. The average molecular weight is 742 g/mol. The topological polar surface area (TPSA) is 442 Å². The summed E-state index contributed by atoms with van der Waals surface area (Å²) in [7, 11) is 0. The molecule has 0 amide bonds. The first-order valence-electron chi connectivity index (χ1n) is 4.29. The van der Waals surface area contributed by atoms with E-state index in [4.69, 9.17) is 105 Å². The summed E-state index contributed by atoms with van der Waals surface area (Å²) in [6.07, 6.45) is -16.3. The van der Waals surface area contributed by atoms with Crippen molar-refractivity contribution in [3.63, 3.8) is 0 Å². The van der Waals surface area contributed by atoms with E-state index in [0.717, 1.165) is 0 Å². The molecule has 0 aromatic heterocycles. The largest absolute Gasteiger partial charge is 1.00 e. The predicted octanol–water partition coefficient (Wildman–Crippen LogP) is -59.1. The molecule has 0 unspecified atom stereocenters. The molecule has 0 aromatic rings. The third kappa shape index (κ3) is 1420. The number of hydrogen-bond donors (Lipinski definition) is 0. The molecule has 0 saturated carbocycles. The summed E-state index contributed by atoms with van der Waals surface area (Å²) in [5, 5.41) is 117. The quantitative estimate of drug-likeness (QED) is 0.208. The molecule has 0 aromatic carbocycles. The summed E-state index contributed by atoms with van der Waals surface area (Å²) in [5.41, 5.74) is 0. The fourth-order valence-electron chi connectivity index (χ4n) is 0. The molecule has 0 N–H and O–H groups in total. The minimum atomic E-state index is -2.33. The van der Waals surface area contributed by atoms with Crippen LogP contribution in [-0.4, -0.2) is 43.1 Å². The standard InChI is InChI=1S/7CH2O3.14Na/c7*2-1(3)4;;;;;;;;;;;;;;/h7*(H2,2,3,4);;;;;;;;;;;;;;/q;;;;;;;14*+1/p-14. The van der Waals surface area contributed by atoms with Gasteiger partial charge in [-0.3, -0.25) is 0 Å². The predicted molar refractivity (Wildman–Crippen MR) is 37.8 cm³/mol. The Bertz CT molecular complexity index is 340. The molecule has 0 aliphatic rings. The van der Waals surface area contributed by atoms with Crippen molar-refractivity contribution in [1.29, 1.82) is 0 Å². The van der Waals surface area contributed by atoms with E-state index < -0.39 is 43.1 Å². The minimum absolute atomic E-state index is 0. The SMILES string of the molecule is O=C([O-])[O-].O=C([O-])[O-].O=C([O-])[O-].O=C([O-])[O-].O=C([O-])[O-].O=C([O-])[O-].O=C([O-])[O-].[Na+].[Na+].[Na+].[Na+].[Na+].[Na+].[Na+].[Na+].[Na+].[Na+].[Na+].[Na+].[Na+].[Na+].